The van der Waals surface area contributed by atoms with E-state index < -0.39 is 5.82 Å². The second kappa shape index (κ2) is 8.94. The van der Waals surface area contributed by atoms with E-state index in [0.717, 1.165) is 47.4 Å². The molecule has 1 fully saturated rings. The number of benzene rings is 1. The van der Waals surface area contributed by atoms with Crippen molar-refractivity contribution in [3.8, 4) is 33.9 Å². The summed E-state index contributed by atoms with van der Waals surface area (Å²) in [4.78, 5) is 19.3. The lowest BCUT2D eigenvalue weighted by Crippen LogP contribution is -2.29. The van der Waals surface area contributed by atoms with Crippen LogP contribution < -0.4 is 0 Å². The minimum absolute atomic E-state index is 0.248. The number of halogens is 1. The molecule has 0 radical (unpaired) electrons. The summed E-state index contributed by atoms with van der Waals surface area (Å²) in [6.45, 7) is 2.97. The predicted molar refractivity (Wildman–Crippen MR) is 139 cm³/mol. The van der Waals surface area contributed by atoms with Gasteiger partial charge >= 0.3 is 0 Å². The summed E-state index contributed by atoms with van der Waals surface area (Å²) < 4.78 is 21.3. The van der Waals surface area contributed by atoms with Crippen molar-refractivity contribution in [2.24, 2.45) is 0 Å². The Bertz CT molecular complexity index is 1710. The number of nitrogens with one attached hydrogen (secondary N) is 2. The van der Waals surface area contributed by atoms with Crippen molar-refractivity contribution in [3.63, 3.8) is 0 Å². The fourth-order valence-electron chi connectivity index (χ4n) is 5.22. The van der Waals surface area contributed by atoms with Crippen LogP contribution in [0.3, 0.4) is 0 Å². The van der Waals surface area contributed by atoms with E-state index in [0.29, 0.717) is 28.0 Å². The smallest absolute Gasteiger partial charge is 0.161 e. The Hall–Kier alpha value is -4.37. The summed E-state index contributed by atoms with van der Waals surface area (Å²) in [6.07, 6.45) is 12.2. The Balaban J connectivity index is 1.30. The van der Waals surface area contributed by atoms with Gasteiger partial charge in [-0.1, -0.05) is 18.6 Å². The number of aromatic amines is 2. The molecule has 1 aromatic carbocycles. The molecule has 1 saturated heterocycles. The van der Waals surface area contributed by atoms with Crippen molar-refractivity contribution in [1.82, 2.24) is 35.0 Å². The first kappa shape index (κ1) is 21.9. The average Bonchev–Trinajstić information content (AvgIpc) is 3.69. The number of hydrogen-bond acceptors (Lipinski definition) is 6. The third-order valence-electron chi connectivity index (χ3n) is 7.04. The van der Waals surface area contributed by atoms with Crippen LogP contribution in [0.15, 0.2) is 65.9 Å². The van der Waals surface area contributed by atoms with Gasteiger partial charge < -0.3 is 9.40 Å². The van der Waals surface area contributed by atoms with Crippen LogP contribution in [0, 0.1) is 5.82 Å². The van der Waals surface area contributed by atoms with Crippen LogP contribution in [0.25, 0.3) is 55.8 Å². The summed E-state index contributed by atoms with van der Waals surface area (Å²) >= 11 is 0. The van der Waals surface area contributed by atoms with Gasteiger partial charge in [0.1, 0.15) is 11.4 Å². The summed E-state index contributed by atoms with van der Waals surface area (Å²) in [5.74, 6) is 0.0268. The van der Waals surface area contributed by atoms with E-state index in [-0.39, 0.29) is 5.69 Å². The molecule has 37 heavy (non-hydrogen) atoms. The van der Waals surface area contributed by atoms with Crippen LogP contribution >= 0.6 is 0 Å². The van der Waals surface area contributed by atoms with Gasteiger partial charge in [-0.2, -0.15) is 5.10 Å². The first-order valence-electron chi connectivity index (χ1n) is 12.5. The second-order valence-corrected chi connectivity index (χ2v) is 9.50. The Kier molecular flexibility index (Phi) is 5.28. The Morgan fingerprint density at radius 2 is 1.89 bits per heavy atom. The maximum atomic E-state index is 16.1. The Morgan fingerprint density at radius 1 is 0.973 bits per heavy atom. The molecular formula is C28H24FN7O. The number of likely N-dealkylation sites (tertiary alicyclic amines) is 1. The van der Waals surface area contributed by atoms with E-state index in [2.05, 4.69) is 30.0 Å². The van der Waals surface area contributed by atoms with Crippen molar-refractivity contribution >= 4 is 21.9 Å². The molecule has 184 valence electrons. The first-order valence-corrected chi connectivity index (χ1v) is 12.5. The third kappa shape index (κ3) is 3.88. The average molecular weight is 494 g/mol. The Labute approximate surface area is 211 Å². The molecule has 0 amide bonds. The van der Waals surface area contributed by atoms with E-state index in [1.807, 2.05) is 36.5 Å². The largest absolute Gasteiger partial charge is 0.472 e. The summed E-state index contributed by atoms with van der Waals surface area (Å²) in [5.41, 5.74) is 6.29. The normalized spacial score (nSPS) is 14.6. The number of pyridine rings is 2. The molecule has 6 heterocycles. The van der Waals surface area contributed by atoms with Crippen LogP contribution in [0.4, 0.5) is 4.39 Å². The van der Waals surface area contributed by atoms with Crippen LogP contribution in [-0.4, -0.2) is 48.1 Å². The highest BCUT2D eigenvalue weighted by Crippen LogP contribution is 2.34. The van der Waals surface area contributed by atoms with E-state index in [1.54, 1.807) is 24.9 Å². The minimum atomic E-state index is -0.450. The van der Waals surface area contributed by atoms with Gasteiger partial charge in [0.05, 0.1) is 40.7 Å². The van der Waals surface area contributed by atoms with E-state index in [4.69, 9.17) is 9.40 Å². The zero-order valence-electron chi connectivity index (χ0n) is 20.0. The molecule has 1 aliphatic heterocycles. The van der Waals surface area contributed by atoms with Gasteiger partial charge in [-0.05, 0) is 49.7 Å². The zero-order valence-corrected chi connectivity index (χ0v) is 20.0. The van der Waals surface area contributed by atoms with Gasteiger partial charge in [-0.25, -0.2) is 9.37 Å². The van der Waals surface area contributed by atoms with Crippen molar-refractivity contribution in [3.05, 3.63) is 72.8 Å². The number of rotatable bonds is 5. The van der Waals surface area contributed by atoms with Crippen LogP contribution in [0.5, 0.6) is 0 Å². The molecule has 0 aliphatic carbocycles. The fraction of sp³-hybridized carbons (Fsp3) is 0.214. The monoisotopic (exact) mass is 493 g/mol. The highest BCUT2D eigenvalue weighted by molar-refractivity contribution is 5.98. The number of imidazole rings is 1. The van der Waals surface area contributed by atoms with Crippen molar-refractivity contribution in [1.29, 1.82) is 0 Å². The quantitative estimate of drug-likeness (QED) is 0.308. The standard InChI is InChI=1S/C28H24FN7O/c29-24-23-22(14-31-25(24)19-11-17(12-30-13-19)15-36-8-2-1-3-9-36)34-35-27(23)28-32-21-6-4-5-20(26(21)33-28)18-7-10-37-16-18/h4-7,10-14,16H,1-3,8-9,15H2,(H,32,33)(H,34,35). The first-order chi connectivity index (χ1) is 18.2. The number of nitrogens with zero attached hydrogens (tertiary/aromatic N) is 5. The van der Waals surface area contributed by atoms with Crippen molar-refractivity contribution in [2.75, 3.05) is 13.1 Å². The minimum Gasteiger partial charge on any atom is -0.472 e. The number of H-pyrrole nitrogens is 2. The topological polar surface area (TPSA) is 99.5 Å². The number of hydrogen-bond donors (Lipinski definition) is 2. The van der Waals surface area contributed by atoms with Gasteiger partial charge in [0.15, 0.2) is 11.6 Å². The molecule has 9 heteroatoms. The van der Waals surface area contributed by atoms with Gasteiger partial charge in [0.2, 0.25) is 0 Å². The SMILES string of the molecule is Fc1c(-c2cncc(CN3CCCCC3)c2)ncc2[nH]nc(-c3nc4c(-c5ccoc5)cccc4[nH]3)c12. The molecule has 5 aromatic heterocycles. The van der Waals surface area contributed by atoms with Gasteiger partial charge in [0.25, 0.3) is 0 Å². The van der Waals surface area contributed by atoms with E-state index in [1.165, 1.54) is 19.3 Å². The van der Waals surface area contributed by atoms with Gasteiger partial charge in [0, 0.05) is 35.6 Å². The van der Waals surface area contributed by atoms with Crippen molar-refractivity contribution in [2.45, 2.75) is 25.8 Å². The van der Waals surface area contributed by atoms with E-state index in [9.17, 15) is 0 Å². The maximum absolute atomic E-state index is 16.1. The van der Waals surface area contributed by atoms with Crippen molar-refractivity contribution < 1.29 is 8.81 Å². The number of fused-ring (bicyclic) bond motifs is 2. The molecule has 1 aliphatic rings. The molecule has 0 saturated carbocycles. The summed E-state index contributed by atoms with van der Waals surface area (Å²) in [6, 6.07) is 9.73. The molecule has 0 unspecified atom stereocenters. The molecule has 8 nitrogen and oxygen atoms in total. The number of furan rings is 1. The maximum Gasteiger partial charge on any atom is 0.161 e. The molecule has 2 N–H and O–H groups in total. The fourth-order valence-corrected chi connectivity index (χ4v) is 5.22. The highest BCUT2D eigenvalue weighted by Gasteiger charge is 2.21. The van der Waals surface area contributed by atoms with Crippen LogP contribution in [0.2, 0.25) is 0 Å². The molecule has 6 aromatic rings. The lowest BCUT2D eigenvalue weighted by atomic mass is 10.1. The molecule has 0 spiro atoms. The summed E-state index contributed by atoms with van der Waals surface area (Å²) in [7, 11) is 0. The molecule has 7 rings (SSSR count). The lowest BCUT2D eigenvalue weighted by Gasteiger charge is -2.26. The summed E-state index contributed by atoms with van der Waals surface area (Å²) in [5, 5.41) is 7.66. The highest BCUT2D eigenvalue weighted by atomic mass is 19.1. The van der Waals surface area contributed by atoms with Gasteiger partial charge in [-0.15, -0.1) is 0 Å². The predicted octanol–water partition coefficient (Wildman–Crippen LogP) is 5.95. The molecule has 0 atom stereocenters. The number of aromatic nitrogens is 6. The van der Waals surface area contributed by atoms with Crippen LogP contribution in [-0.2, 0) is 6.54 Å². The second-order valence-electron chi connectivity index (χ2n) is 9.50. The lowest BCUT2D eigenvalue weighted by molar-refractivity contribution is 0.220. The molecule has 0 bridgehead atoms. The van der Waals surface area contributed by atoms with Gasteiger partial charge in [-0.3, -0.25) is 20.0 Å². The van der Waals surface area contributed by atoms with E-state index >= 15 is 4.39 Å². The van der Waals surface area contributed by atoms with Crippen LogP contribution in [0.1, 0.15) is 24.8 Å². The third-order valence-corrected chi connectivity index (χ3v) is 7.04. The zero-order chi connectivity index (χ0) is 24.8. The number of piperidine rings is 1. The molecular weight excluding hydrogens is 469 g/mol. The number of para-hydroxylation sites is 1. The Morgan fingerprint density at radius 3 is 2.76 bits per heavy atom.